The molecule has 0 amide bonds. The summed E-state index contributed by atoms with van der Waals surface area (Å²) in [4.78, 5) is 11.1. The molecule has 140 valence electrons. The third kappa shape index (κ3) is 4.34. The maximum atomic E-state index is 12.5. The van der Waals surface area contributed by atoms with Crippen LogP contribution in [-0.4, -0.2) is 33.5 Å². The van der Waals surface area contributed by atoms with E-state index in [2.05, 4.69) is 5.32 Å². The molecule has 0 aliphatic heterocycles. The summed E-state index contributed by atoms with van der Waals surface area (Å²) in [6.07, 6.45) is 0. The van der Waals surface area contributed by atoms with Crippen molar-refractivity contribution in [3.05, 3.63) is 60.2 Å². The lowest BCUT2D eigenvalue weighted by molar-refractivity contribution is -0.142. The zero-order valence-electron chi connectivity index (χ0n) is 13.7. The highest BCUT2D eigenvalue weighted by Crippen LogP contribution is 2.30. The Hall–Kier alpha value is -2.55. The molecule has 0 spiro atoms. The monoisotopic (exact) mass is 387 g/mol. The van der Waals surface area contributed by atoms with Crippen molar-refractivity contribution in [1.82, 2.24) is 0 Å². The lowest BCUT2D eigenvalue weighted by atomic mass is 9.99. The molecule has 1 atom stereocenters. The molecule has 0 aliphatic carbocycles. The Morgan fingerprint density at radius 2 is 1.65 bits per heavy atom. The fourth-order valence-electron chi connectivity index (χ4n) is 2.27. The number of nitrogens with one attached hydrogen (secondary N) is 1. The molecule has 0 saturated heterocycles. The quantitative estimate of drug-likeness (QED) is 0.770. The summed E-state index contributed by atoms with van der Waals surface area (Å²) in [6.45, 7) is 0.127. The molecular formula is C17H16F3NO4S. The molecule has 0 saturated carbocycles. The van der Waals surface area contributed by atoms with Crippen LogP contribution in [0, 0.1) is 0 Å². The number of methoxy groups -OCH3 is 1. The predicted octanol–water partition coefficient (Wildman–Crippen LogP) is 3.35. The molecule has 1 N–H and O–H groups in total. The number of rotatable bonds is 6. The van der Waals surface area contributed by atoms with Gasteiger partial charge in [0.15, 0.2) is 0 Å². The average molecular weight is 387 g/mol. The van der Waals surface area contributed by atoms with Crippen molar-refractivity contribution in [3.63, 3.8) is 0 Å². The van der Waals surface area contributed by atoms with Crippen LogP contribution in [0.3, 0.4) is 0 Å². The summed E-state index contributed by atoms with van der Waals surface area (Å²) in [5.41, 5.74) is -4.27. The van der Waals surface area contributed by atoms with Crippen molar-refractivity contribution in [3.8, 4) is 0 Å². The Morgan fingerprint density at radius 1 is 1.08 bits per heavy atom. The van der Waals surface area contributed by atoms with E-state index in [9.17, 15) is 26.4 Å². The van der Waals surface area contributed by atoms with E-state index in [4.69, 9.17) is 4.74 Å². The van der Waals surface area contributed by atoms with E-state index in [-0.39, 0.29) is 6.54 Å². The third-order valence-corrected chi connectivity index (χ3v) is 5.17. The molecule has 9 heteroatoms. The summed E-state index contributed by atoms with van der Waals surface area (Å²) in [5.74, 6) is -1.10. The zero-order chi connectivity index (χ0) is 19.4. The van der Waals surface area contributed by atoms with Gasteiger partial charge in [-0.15, -0.1) is 0 Å². The second-order valence-electron chi connectivity index (χ2n) is 5.34. The SMILES string of the molecule is COC(=O)[C@@H](CNc1ccc(S(=O)(=O)C(F)(F)F)cc1)c1ccccc1. The Balaban J connectivity index is 2.14. The molecule has 0 heterocycles. The Morgan fingerprint density at radius 3 is 2.15 bits per heavy atom. The van der Waals surface area contributed by atoms with E-state index >= 15 is 0 Å². The second-order valence-corrected chi connectivity index (χ2v) is 7.28. The second kappa shape index (κ2) is 7.77. The first kappa shape index (κ1) is 19.8. The fraction of sp³-hybridized carbons (Fsp3) is 0.235. The van der Waals surface area contributed by atoms with Crippen molar-refractivity contribution < 1.29 is 31.1 Å². The molecule has 0 bridgehead atoms. The molecular weight excluding hydrogens is 371 g/mol. The minimum Gasteiger partial charge on any atom is -0.468 e. The minimum atomic E-state index is -5.39. The summed E-state index contributed by atoms with van der Waals surface area (Å²) < 4.78 is 65.1. The lowest BCUT2D eigenvalue weighted by Gasteiger charge is -2.17. The molecule has 2 aromatic rings. The van der Waals surface area contributed by atoms with Gasteiger partial charge in [0.2, 0.25) is 0 Å². The van der Waals surface area contributed by atoms with Crippen LogP contribution in [0.25, 0.3) is 0 Å². The van der Waals surface area contributed by atoms with Gasteiger partial charge in [-0.2, -0.15) is 13.2 Å². The first-order valence-corrected chi connectivity index (χ1v) is 8.93. The average Bonchev–Trinajstić information content (AvgIpc) is 2.62. The number of hydrogen-bond donors (Lipinski definition) is 1. The summed E-state index contributed by atoms with van der Waals surface area (Å²) in [7, 11) is -4.13. The van der Waals surface area contributed by atoms with E-state index in [1.165, 1.54) is 19.2 Å². The summed E-state index contributed by atoms with van der Waals surface area (Å²) in [5, 5.41) is 2.90. The van der Waals surface area contributed by atoms with Crippen LogP contribution < -0.4 is 5.32 Å². The molecule has 0 radical (unpaired) electrons. The van der Waals surface area contributed by atoms with Crippen LogP contribution in [0.15, 0.2) is 59.5 Å². The first-order chi connectivity index (χ1) is 12.2. The maximum absolute atomic E-state index is 12.5. The van der Waals surface area contributed by atoms with Crippen molar-refractivity contribution in [2.75, 3.05) is 19.0 Å². The Bertz CT molecular complexity index is 850. The summed E-state index contributed by atoms with van der Waals surface area (Å²) in [6, 6.07) is 13.0. The van der Waals surface area contributed by atoms with E-state index in [0.29, 0.717) is 11.3 Å². The van der Waals surface area contributed by atoms with Crippen molar-refractivity contribution in [1.29, 1.82) is 0 Å². The number of esters is 1. The third-order valence-electron chi connectivity index (χ3n) is 3.67. The van der Waals surface area contributed by atoms with Gasteiger partial charge in [0.25, 0.3) is 9.84 Å². The molecule has 26 heavy (non-hydrogen) atoms. The summed E-state index contributed by atoms with van der Waals surface area (Å²) >= 11 is 0. The van der Waals surface area contributed by atoms with Gasteiger partial charge in [0, 0.05) is 12.2 Å². The topological polar surface area (TPSA) is 72.5 Å². The molecule has 0 fully saturated rings. The van der Waals surface area contributed by atoms with Crippen LogP contribution in [-0.2, 0) is 19.4 Å². The molecule has 0 unspecified atom stereocenters. The van der Waals surface area contributed by atoms with Crippen LogP contribution in [0.5, 0.6) is 0 Å². The Labute approximate surface area is 148 Å². The normalized spacial score (nSPS) is 13.1. The van der Waals surface area contributed by atoms with Gasteiger partial charge in [0.1, 0.15) is 0 Å². The van der Waals surface area contributed by atoms with Crippen LogP contribution >= 0.6 is 0 Å². The molecule has 5 nitrogen and oxygen atoms in total. The van der Waals surface area contributed by atoms with Crippen LogP contribution in [0.2, 0.25) is 0 Å². The number of alkyl halides is 3. The van der Waals surface area contributed by atoms with E-state index in [1.54, 1.807) is 30.3 Å². The number of sulfone groups is 1. The van der Waals surface area contributed by atoms with Gasteiger partial charge in [-0.25, -0.2) is 8.42 Å². The fourth-order valence-corrected chi connectivity index (χ4v) is 3.03. The van der Waals surface area contributed by atoms with Crippen molar-refractivity contribution in [2.24, 2.45) is 0 Å². The Kier molecular flexibility index (Phi) is 5.91. The predicted molar refractivity (Wildman–Crippen MR) is 89.4 cm³/mol. The lowest BCUT2D eigenvalue weighted by Crippen LogP contribution is -2.23. The number of benzene rings is 2. The van der Waals surface area contributed by atoms with Crippen molar-refractivity contribution >= 4 is 21.5 Å². The van der Waals surface area contributed by atoms with Crippen LogP contribution in [0.4, 0.5) is 18.9 Å². The highest BCUT2D eigenvalue weighted by atomic mass is 32.2. The van der Waals surface area contributed by atoms with Gasteiger partial charge >= 0.3 is 11.5 Å². The van der Waals surface area contributed by atoms with Gasteiger partial charge in [-0.05, 0) is 29.8 Å². The number of halogens is 3. The van der Waals surface area contributed by atoms with Crippen LogP contribution in [0.1, 0.15) is 11.5 Å². The van der Waals surface area contributed by atoms with Gasteiger partial charge in [-0.1, -0.05) is 30.3 Å². The number of carbonyl (C=O) groups is 1. The number of anilines is 1. The number of hydrogen-bond acceptors (Lipinski definition) is 5. The largest absolute Gasteiger partial charge is 0.501 e. The molecule has 0 aromatic heterocycles. The van der Waals surface area contributed by atoms with Gasteiger partial charge in [-0.3, -0.25) is 4.79 Å². The number of carbonyl (C=O) groups excluding carboxylic acids is 1. The maximum Gasteiger partial charge on any atom is 0.501 e. The number of ether oxygens (including phenoxy) is 1. The molecule has 2 rings (SSSR count). The highest BCUT2D eigenvalue weighted by molar-refractivity contribution is 7.92. The first-order valence-electron chi connectivity index (χ1n) is 7.45. The van der Waals surface area contributed by atoms with E-state index in [0.717, 1.165) is 12.1 Å². The smallest absolute Gasteiger partial charge is 0.468 e. The van der Waals surface area contributed by atoms with E-state index in [1.807, 2.05) is 0 Å². The standard InChI is InChI=1S/C17H16F3NO4S/c1-25-16(22)15(12-5-3-2-4-6-12)11-21-13-7-9-14(10-8-13)26(23,24)17(18,19)20/h2-10,15,21H,11H2,1H3/t15-/m0/s1. The minimum absolute atomic E-state index is 0.127. The van der Waals surface area contributed by atoms with Crippen molar-refractivity contribution in [2.45, 2.75) is 16.3 Å². The van der Waals surface area contributed by atoms with E-state index < -0.39 is 32.1 Å². The highest BCUT2D eigenvalue weighted by Gasteiger charge is 2.46. The van der Waals surface area contributed by atoms with Gasteiger partial charge < -0.3 is 10.1 Å². The molecule has 0 aliphatic rings. The molecule has 2 aromatic carbocycles. The zero-order valence-corrected chi connectivity index (χ0v) is 14.5. The van der Waals surface area contributed by atoms with Gasteiger partial charge in [0.05, 0.1) is 17.9 Å².